The predicted octanol–water partition coefficient (Wildman–Crippen LogP) is 1.53. The minimum absolute atomic E-state index is 0.0728. The molecule has 0 unspecified atom stereocenters. The molecular formula is C26H44N6O4. The van der Waals surface area contributed by atoms with Gasteiger partial charge in [-0.25, -0.2) is 4.79 Å². The Morgan fingerprint density at radius 1 is 1.14 bits per heavy atom. The van der Waals surface area contributed by atoms with Gasteiger partial charge in [-0.1, -0.05) is 13.3 Å². The number of nitrogens with two attached hydrogens (primary N) is 1. The molecule has 10 nitrogen and oxygen atoms in total. The second kappa shape index (κ2) is 11.0. The van der Waals surface area contributed by atoms with Crippen LogP contribution in [0.5, 0.6) is 0 Å². The molecule has 4 amide bonds. The lowest BCUT2D eigenvalue weighted by atomic mass is 9.77. The quantitative estimate of drug-likeness (QED) is 0.458. The number of carbonyl (C=O) groups is 3. The number of urea groups is 1. The molecule has 0 aromatic carbocycles. The molecule has 0 aromatic rings. The molecule has 4 rings (SSSR count). The number of rotatable bonds is 9. The molecule has 3 heterocycles. The van der Waals surface area contributed by atoms with Crippen LogP contribution in [-0.4, -0.2) is 103 Å². The molecule has 1 saturated carbocycles. The molecule has 0 spiro atoms. The fraction of sp³-hybridized carbons (Fsp3) is 0.808. The standard InChI is InChI=1S/C26H44N6O4/c1-5-6-11-31-23(33)21(22(27)28-3)14-32(25(31)35)20-9-7-18(8-10-20)12-26(2)24(34)29(4)17-30(26)13-19-15-36-16-19/h18-20,28H,5-17,27H2,1-4H3/b22-21-/t18?,20?,26-/m1/s1. The van der Waals surface area contributed by atoms with Crippen LogP contribution in [0.4, 0.5) is 4.79 Å². The Morgan fingerprint density at radius 3 is 2.42 bits per heavy atom. The van der Waals surface area contributed by atoms with E-state index >= 15 is 0 Å². The molecule has 3 aliphatic heterocycles. The van der Waals surface area contributed by atoms with Gasteiger partial charge in [-0.05, 0) is 51.4 Å². The van der Waals surface area contributed by atoms with Crippen molar-refractivity contribution in [3.63, 3.8) is 0 Å². The third-order valence-electron chi connectivity index (χ3n) is 8.66. The highest BCUT2D eigenvalue weighted by atomic mass is 16.5. The second-order valence-electron chi connectivity index (χ2n) is 11.3. The van der Waals surface area contributed by atoms with Crippen LogP contribution in [0.25, 0.3) is 0 Å². The first-order valence-electron chi connectivity index (χ1n) is 13.6. The zero-order valence-corrected chi connectivity index (χ0v) is 22.4. The van der Waals surface area contributed by atoms with Crippen molar-refractivity contribution in [3.8, 4) is 0 Å². The Bertz CT molecular complexity index is 882. The number of ether oxygens (including phenoxy) is 1. The maximum atomic E-state index is 13.3. The fourth-order valence-electron chi connectivity index (χ4n) is 6.28. The van der Waals surface area contributed by atoms with Crippen molar-refractivity contribution in [2.24, 2.45) is 17.6 Å². The van der Waals surface area contributed by atoms with Crippen LogP contribution in [0.3, 0.4) is 0 Å². The van der Waals surface area contributed by atoms with E-state index in [1.54, 1.807) is 7.05 Å². The summed E-state index contributed by atoms with van der Waals surface area (Å²) < 4.78 is 5.36. The van der Waals surface area contributed by atoms with Crippen LogP contribution in [0.2, 0.25) is 0 Å². The van der Waals surface area contributed by atoms with Gasteiger partial charge in [0.1, 0.15) is 5.82 Å². The van der Waals surface area contributed by atoms with Crippen LogP contribution in [0.1, 0.15) is 58.8 Å². The largest absolute Gasteiger partial charge is 0.385 e. The molecular weight excluding hydrogens is 460 g/mol. The van der Waals surface area contributed by atoms with Gasteiger partial charge >= 0.3 is 6.03 Å². The maximum Gasteiger partial charge on any atom is 0.327 e. The van der Waals surface area contributed by atoms with Gasteiger partial charge in [0.25, 0.3) is 5.91 Å². The highest BCUT2D eigenvalue weighted by molar-refractivity contribution is 6.07. The topological polar surface area (TPSA) is 111 Å². The van der Waals surface area contributed by atoms with Crippen molar-refractivity contribution < 1.29 is 19.1 Å². The SMILES string of the molecule is CCCCN1C(=O)/C(=C(/N)NC)CN(C2CCC(C[C@]3(C)C(=O)N(C)CN3CC3COC3)CC2)C1=O. The van der Waals surface area contributed by atoms with Crippen LogP contribution in [0, 0.1) is 11.8 Å². The van der Waals surface area contributed by atoms with Gasteiger partial charge in [-0.3, -0.25) is 19.4 Å². The van der Waals surface area contributed by atoms with Gasteiger partial charge in [0.05, 0.1) is 37.5 Å². The molecule has 0 radical (unpaired) electrons. The average molecular weight is 505 g/mol. The Morgan fingerprint density at radius 2 is 1.83 bits per heavy atom. The minimum atomic E-state index is -0.483. The molecule has 0 aromatic heterocycles. The number of nitrogens with one attached hydrogen (secondary N) is 1. The maximum absolute atomic E-state index is 13.3. The van der Waals surface area contributed by atoms with Crippen LogP contribution in [0.15, 0.2) is 11.4 Å². The first-order chi connectivity index (χ1) is 17.2. The summed E-state index contributed by atoms with van der Waals surface area (Å²) in [6.07, 6.45) is 6.18. The van der Waals surface area contributed by atoms with Gasteiger partial charge in [0.15, 0.2) is 0 Å². The van der Waals surface area contributed by atoms with Gasteiger partial charge < -0.3 is 25.6 Å². The molecule has 0 bridgehead atoms. The third-order valence-corrected chi connectivity index (χ3v) is 8.66. The Labute approximate surface area is 215 Å². The van der Waals surface area contributed by atoms with E-state index in [1.807, 2.05) is 23.8 Å². The van der Waals surface area contributed by atoms with E-state index in [0.29, 0.717) is 36.4 Å². The van der Waals surface area contributed by atoms with E-state index < -0.39 is 5.54 Å². The summed E-state index contributed by atoms with van der Waals surface area (Å²) in [6, 6.07) is -0.123. The molecule has 3 saturated heterocycles. The third kappa shape index (κ3) is 5.07. The lowest BCUT2D eigenvalue weighted by Crippen LogP contribution is -2.58. The molecule has 4 aliphatic rings. The molecule has 3 N–H and O–H groups in total. The summed E-state index contributed by atoms with van der Waals surface area (Å²) in [6.45, 7) is 7.95. The van der Waals surface area contributed by atoms with Crippen LogP contribution in [-0.2, 0) is 14.3 Å². The summed E-state index contributed by atoms with van der Waals surface area (Å²) in [4.78, 5) is 46.9. The number of hydrogen-bond acceptors (Lipinski definition) is 7. The van der Waals surface area contributed by atoms with Crippen molar-refractivity contribution in [2.45, 2.75) is 70.4 Å². The summed E-state index contributed by atoms with van der Waals surface area (Å²) >= 11 is 0. The van der Waals surface area contributed by atoms with E-state index in [0.717, 1.165) is 64.7 Å². The second-order valence-corrected chi connectivity index (χ2v) is 11.3. The Balaban J connectivity index is 1.41. The molecule has 1 atom stereocenters. The summed E-state index contributed by atoms with van der Waals surface area (Å²) in [5, 5.41) is 2.89. The highest BCUT2D eigenvalue weighted by Gasteiger charge is 2.50. The van der Waals surface area contributed by atoms with E-state index in [4.69, 9.17) is 10.5 Å². The Kier molecular flexibility index (Phi) is 8.14. The van der Waals surface area contributed by atoms with Gasteiger partial charge in [-0.2, -0.15) is 0 Å². The summed E-state index contributed by atoms with van der Waals surface area (Å²) in [7, 11) is 3.59. The lowest BCUT2D eigenvalue weighted by Gasteiger charge is -2.44. The number of unbranched alkanes of at least 4 members (excludes halogenated alkanes) is 1. The number of amides is 4. The number of hydrogen-bond donors (Lipinski definition) is 2. The van der Waals surface area contributed by atoms with Crippen molar-refractivity contribution in [2.75, 3.05) is 53.6 Å². The van der Waals surface area contributed by atoms with Crippen molar-refractivity contribution in [3.05, 3.63) is 11.4 Å². The minimum Gasteiger partial charge on any atom is -0.385 e. The smallest absolute Gasteiger partial charge is 0.327 e. The first-order valence-corrected chi connectivity index (χ1v) is 13.6. The zero-order chi connectivity index (χ0) is 26.0. The number of likely N-dealkylation sites (N-methyl/N-ethyl adjacent to an activating group) is 1. The lowest BCUT2D eigenvalue weighted by molar-refractivity contribution is -0.133. The molecule has 36 heavy (non-hydrogen) atoms. The van der Waals surface area contributed by atoms with Crippen molar-refractivity contribution >= 4 is 17.8 Å². The highest BCUT2D eigenvalue weighted by Crippen LogP contribution is 2.39. The number of nitrogens with zero attached hydrogens (tertiary/aromatic N) is 4. The van der Waals surface area contributed by atoms with Crippen molar-refractivity contribution in [1.82, 2.24) is 24.9 Å². The van der Waals surface area contributed by atoms with Crippen LogP contribution < -0.4 is 11.1 Å². The summed E-state index contributed by atoms with van der Waals surface area (Å²) in [5.74, 6) is 1.20. The normalized spacial score (nSPS) is 31.8. The fourth-order valence-corrected chi connectivity index (χ4v) is 6.28. The van der Waals surface area contributed by atoms with E-state index in [-0.39, 0.29) is 30.4 Å². The van der Waals surface area contributed by atoms with Crippen LogP contribution >= 0.6 is 0 Å². The number of imide groups is 1. The first kappa shape index (κ1) is 26.7. The van der Waals surface area contributed by atoms with Crippen molar-refractivity contribution in [1.29, 1.82) is 0 Å². The average Bonchev–Trinajstić information content (AvgIpc) is 3.05. The predicted molar refractivity (Wildman–Crippen MR) is 136 cm³/mol. The van der Waals surface area contributed by atoms with E-state index in [1.165, 1.54) is 4.90 Å². The molecule has 202 valence electrons. The molecule has 10 heteroatoms. The van der Waals surface area contributed by atoms with E-state index in [9.17, 15) is 14.4 Å². The van der Waals surface area contributed by atoms with Gasteiger partial charge in [-0.15, -0.1) is 0 Å². The summed E-state index contributed by atoms with van der Waals surface area (Å²) in [5.41, 5.74) is 6.10. The van der Waals surface area contributed by atoms with Gasteiger partial charge in [0, 0.05) is 39.1 Å². The molecule has 1 aliphatic carbocycles. The molecule has 4 fully saturated rings. The zero-order valence-electron chi connectivity index (χ0n) is 22.4. The Hall–Kier alpha value is -2.33. The monoisotopic (exact) mass is 504 g/mol. The number of carbonyl (C=O) groups excluding carboxylic acids is 3. The van der Waals surface area contributed by atoms with Gasteiger partial charge in [0.2, 0.25) is 5.91 Å². The van der Waals surface area contributed by atoms with E-state index in [2.05, 4.69) is 17.1 Å².